The van der Waals surface area contributed by atoms with E-state index in [1.165, 1.54) is 7.05 Å². The minimum atomic E-state index is -1.66. The van der Waals surface area contributed by atoms with E-state index in [1.807, 2.05) is 0 Å². The molecule has 14 N–H and O–H groups in total. The van der Waals surface area contributed by atoms with Gasteiger partial charge in [0.05, 0.1) is 30.9 Å². The fourth-order valence-corrected chi connectivity index (χ4v) is 5.41. The van der Waals surface area contributed by atoms with Gasteiger partial charge in [-0.05, 0) is 19.9 Å². The van der Waals surface area contributed by atoms with Crippen molar-refractivity contribution < 1.29 is 59.4 Å². The van der Waals surface area contributed by atoms with Crippen LogP contribution in [0.3, 0.4) is 0 Å². The Hall–Kier alpha value is -0.640. The van der Waals surface area contributed by atoms with E-state index in [9.17, 15) is 35.7 Å². The second kappa shape index (κ2) is 11.8. The summed E-state index contributed by atoms with van der Waals surface area (Å²) in [7, 11) is 1.53. The zero-order valence-corrected chi connectivity index (χ0v) is 20.3. The predicted octanol–water partition coefficient (Wildman–Crippen LogP) is -6.92. The number of nitrogens with one attached hydrogen (secondary N) is 1. The van der Waals surface area contributed by atoms with Crippen LogP contribution in [0.5, 0.6) is 0 Å². The number of fused-ring (bicyclic) bond motifs is 1. The highest BCUT2D eigenvalue weighted by molar-refractivity contribution is 5.01. The van der Waals surface area contributed by atoms with Gasteiger partial charge in [-0.25, -0.2) is 0 Å². The Kier molecular flexibility index (Phi) is 9.40. The fourth-order valence-electron chi connectivity index (χ4n) is 5.41. The molecule has 3 aliphatic heterocycles. The van der Waals surface area contributed by atoms with Crippen LogP contribution in [0.2, 0.25) is 0 Å². The maximum Gasteiger partial charge on any atom is 0.189 e. The molecule has 16 nitrogen and oxygen atoms in total. The first-order chi connectivity index (χ1) is 17.5. The minimum absolute atomic E-state index is 0.136. The summed E-state index contributed by atoms with van der Waals surface area (Å²) in [6.45, 7) is -0.633. The molecule has 0 bridgehead atoms. The van der Waals surface area contributed by atoms with Gasteiger partial charge in [-0.3, -0.25) is 0 Å². The molecule has 0 aromatic rings. The van der Waals surface area contributed by atoms with Gasteiger partial charge < -0.3 is 81.9 Å². The van der Waals surface area contributed by atoms with Gasteiger partial charge in [0.25, 0.3) is 0 Å². The van der Waals surface area contributed by atoms with Crippen molar-refractivity contribution in [3.63, 3.8) is 0 Å². The lowest BCUT2D eigenvalue weighted by Crippen LogP contribution is -2.70. The zero-order valence-electron chi connectivity index (χ0n) is 20.3. The van der Waals surface area contributed by atoms with Crippen LogP contribution < -0.4 is 22.5 Å². The minimum Gasteiger partial charge on any atom is -0.394 e. The molecule has 4 fully saturated rings. The number of aliphatic hydroxyl groups excluding tert-OH is 7. The number of ether oxygens (including phenoxy) is 5. The van der Waals surface area contributed by atoms with Crippen LogP contribution in [-0.4, -0.2) is 153 Å². The first kappa shape index (κ1) is 29.3. The molecule has 0 unspecified atom stereocenters. The fraction of sp³-hybridized carbons (Fsp3) is 1.00. The van der Waals surface area contributed by atoms with Crippen molar-refractivity contribution in [3.8, 4) is 0 Å². The van der Waals surface area contributed by atoms with E-state index in [0.29, 0.717) is 0 Å². The van der Waals surface area contributed by atoms with Gasteiger partial charge in [0, 0.05) is 12.1 Å². The molecule has 4 rings (SSSR count). The molecule has 216 valence electrons. The molecule has 37 heavy (non-hydrogen) atoms. The maximum absolute atomic E-state index is 11.1. The highest BCUT2D eigenvalue weighted by atomic mass is 16.8. The van der Waals surface area contributed by atoms with Crippen molar-refractivity contribution in [2.45, 2.75) is 117 Å². The van der Waals surface area contributed by atoms with Crippen molar-refractivity contribution in [3.05, 3.63) is 0 Å². The molecule has 0 radical (unpaired) electrons. The monoisotopic (exact) mass is 540 g/mol. The Balaban J connectivity index is 1.43. The largest absolute Gasteiger partial charge is 0.394 e. The lowest BCUT2D eigenvalue weighted by Gasteiger charge is -2.51. The van der Waals surface area contributed by atoms with Gasteiger partial charge in [0.1, 0.15) is 48.8 Å². The number of aliphatic hydroxyl groups is 7. The standard InChI is InChI=1S/C21H40N4O12/c1-25-10-13(29)18-8(33-20(10)37-21-16(32)14(30)12(28)9(4-26)34-21)3-7(24)19(36-18)35-17-6(23)2-5(22)11(27)15(17)31/h5-21,25-32H,2-4,22-24H2,1H3/t5-,6-,7+,8+,9+,10+,11+,12+,13-,14-,15-,16+,17+,18-,19+,20-,21+/m0/s1. The van der Waals surface area contributed by atoms with Crippen LogP contribution in [0.15, 0.2) is 0 Å². The molecule has 4 aliphatic rings. The quantitative estimate of drug-likeness (QED) is 0.149. The molecule has 1 saturated carbocycles. The summed E-state index contributed by atoms with van der Waals surface area (Å²) in [4.78, 5) is 0. The number of hydrogen-bond acceptors (Lipinski definition) is 16. The third-order valence-corrected chi connectivity index (χ3v) is 7.65. The first-order valence-electron chi connectivity index (χ1n) is 12.4. The van der Waals surface area contributed by atoms with Crippen LogP contribution in [0.25, 0.3) is 0 Å². The lowest BCUT2D eigenvalue weighted by atomic mass is 9.84. The molecule has 16 heteroatoms. The summed E-state index contributed by atoms with van der Waals surface area (Å²) < 4.78 is 29.0. The number of likely N-dealkylation sites (N-methyl/N-ethyl adjacent to an activating group) is 1. The van der Waals surface area contributed by atoms with Crippen molar-refractivity contribution in [2.24, 2.45) is 17.2 Å². The lowest BCUT2D eigenvalue weighted by molar-refractivity contribution is -0.378. The highest BCUT2D eigenvalue weighted by Crippen LogP contribution is 2.35. The highest BCUT2D eigenvalue weighted by Gasteiger charge is 2.54. The van der Waals surface area contributed by atoms with Gasteiger partial charge in [-0.2, -0.15) is 0 Å². The second-order valence-electron chi connectivity index (χ2n) is 10.2. The SMILES string of the molecule is CN[C@H]1[C@H](O[C@H]2O[C@H](CO)[C@@H](O)[C@H](O)[C@H]2O)O[C@@H]2C[C@@H](N)[C@H](O[C@H]3[C@@H](O)[C@H](O)[C@@H](N)C[C@@H]3N)O[C@@H]2[C@H]1O. The zero-order chi connectivity index (χ0) is 27.2. The van der Waals surface area contributed by atoms with Crippen molar-refractivity contribution in [2.75, 3.05) is 13.7 Å². The molecule has 3 heterocycles. The van der Waals surface area contributed by atoms with Gasteiger partial charge in [-0.15, -0.1) is 0 Å². The summed E-state index contributed by atoms with van der Waals surface area (Å²) in [5, 5.41) is 74.3. The molecule has 17 atom stereocenters. The van der Waals surface area contributed by atoms with E-state index in [1.54, 1.807) is 0 Å². The third-order valence-electron chi connectivity index (χ3n) is 7.65. The Morgan fingerprint density at radius 3 is 2.05 bits per heavy atom. The van der Waals surface area contributed by atoms with E-state index in [-0.39, 0.29) is 12.8 Å². The molecule has 0 spiro atoms. The number of hydrogen-bond donors (Lipinski definition) is 11. The molecule has 0 aromatic carbocycles. The van der Waals surface area contributed by atoms with E-state index < -0.39 is 111 Å². The molecular formula is C21H40N4O12. The average Bonchev–Trinajstić information content (AvgIpc) is 2.86. The molecule has 1 aliphatic carbocycles. The van der Waals surface area contributed by atoms with Gasteiger partial charge in [0.15, 0.2) is 18.9 Å². The predicted molar refractivity (Wildman–Crippen MR) is 121 cm³/mol. The van der Waals surface area contributed by atoms with Crippen molar-refractivity contribution >= 4 is 0 Å². The number of rotatable bonds is 6. The summed E-state index contributed by atoms with van der Waals surface area (Å²) in [5.74, 6) is 0. The van der Waals surface area contributed by atoms with Crippen molar-refractivity contribution in [1.29, 1.82) is 0 Å². The maximum atomic E-state index is 11.1. The van der Waals surface area contributed by atoms with Crippen LogP contribution in [-0.2, 0) is 23.7 Å². The van der Waals surface area contributed by atoms with Gasteiger partial charge in [0.2, 0.25) is 0 Å². The normalized spacial score (nSPS) is 55.1. The average molecular weight is 541 g/mol. The second-order valence-corrected chi connectivity index (χ2v) is 10.2. The molecule has 0 amide bonds. The van der Waals surface area contributed by atoms with Gasteiger partial charge in [-0.1, -0.05) is 0 Å². The summed E-state index contributed by atoms with van der Waals surface area (Å²) in [5.41, 5.74) is 18.2. The van der Waals surface area contributed by atoms with Crippen LogP contribution in [0.1, 0.15) is 12.8 Å². The van der Waals surface area contributed by atoms with Crippen LogP contribution >= 0.6 is 0 Å². The van der Waals surface area contributed by atoms with Crippen LogP contribution in [0.4, 0.5) is 0 Å². The summed E-state index contributed by atoms with van der Waals surface area (Å²) in [6, 6.07) is -3.08. The Bertz CT molecular complexity index is 754. The van der Waals surface area contributed by atoms with Crippen molar-refractivity contribution in [1.82, 2.24) is 5.32 Å². The molecular weight excluding hydrogens is 500 g/mol. The first-order valence-corrected chi connectivity index (χ1v) is 12.4. The van der Waals surface area contributed by atoms with E-state index in [2.05, 4.69) is 5.32 Å². The Morgan fingerprint density at radius 1 is 0.703 bits per heavy atom. The Morgan fingerprint density at radius 2 is 1.41 bits per heavy atom. The summed E-state index contributed by atoms with van der Waals surface area (Å²) in [6.07, 6.45) is -16.1. The smallest absolute Gasteiger partial charge is 0.189 e. The topological polar surface area (TPSA) is 278 Å². The van der Waals surface area contributed by atoms with Crippen LogP contribution in [0, 0.1) is 0 Å². The molecule has 0 aromatic heterocycles. The third kappa shape index (κ3) is 5.66. The van der Waals surface area contributed by atoms with E-state index in [0.717, 1.165) is 0 Å². The summed E-state index contributed by atoms with van der Waals surface area (Å²) >= 11 is 0. The van der Waals surface area contributed by atoms with E-state index in [4.69, 9.17) is 40.9 Å². The number of nitrogens with two attached hydrogens (primary N) is 3. The Labute approximate surface area is 213 Å². The molecule has 3 saturated heterocycles. The van der Waals surface area contributed by atoms with Gasteiger partial charge >= 0.3 is 0 Å². The van der Waals surface area contributed by atoms with E-state index >= 15 is 0 Å².